The molecule has 1 aliphatic heterocycles. The maximum Gasteiger partial charge on any atom is 0.226 e. The molecule has 1 saturated carbocycles. The quantitative estimate of drug-likeness (QED) is 0.835. The number of piperidine rings is 1. The number of hydrogen-bond donors (Lipinski definition) is 2. The van der Waals surface area contributed by atoms with Crippen LogP contribution in [-0.2, 0) is 4.79 Å². The molecule has 1 aliphatic carbocycles. The third-order valence-electron chi connectivity index (χ3n) is 5.21. The minimum absolute atomic E-state index is 0. The molecule has 2 rings (SSSR count). The van der Waals surface area contributed by atoms with E-state index in [0.717, 1.165) is 38.9 Å². The summed E-state index contributed by atoms with van der Waals surface area (Å²) < 4.78 is 0. The van der Waals surface area contributed by atoms with Crippen molar-refractivity contribution in [3.63, 3.8) is 0 Å². The molecule has 19 heavy (non-hydrogen) atoms. The van der Waals surface area contributed by atoms with Gasteiger partial charge in [0.2, 0.25) is 5.91 Å². The van der Waals surface area contributed by atoms with Gasteiger partial charge in [0.1, 0.15) is 0 Å². The Labute approximate surface area is 123 Å². The Kier molecular flexibility index (Phi) is 6.13. The summed E-state index contributed by atoms with van der Waals surface area (Å²) in [5, 5.41) is 6.65. The highest BCUT2D eigenvalue weighted by atomic mass is 35.5. The summed E-state index contributed by atoms with van der Waals surface area (Å²) in [6.45, 7) is 7.50. The number of hydrogen-bond acceptors (Lipinski definition) is 2. The zero-order valence-electron chi connectivity index (χ0n) is 12.4. The molecular formula is C15H29ClN2O. The van der Waals surface area contributed by atoms with E-state index in [-0.39, 0.29) is 17.8 Å². The summed E-state index contributed by atoms with van der Waals surface area (Å²) in [5.74, 6) is 0.322. The van der Waals surface area contributed by atoms with Gasteiger partial charge in [0.15, 0.2) is 0 Å². The Bertz CT molecular complexity index is 295. The van der Waals surface area contributed by atoms with Gasteiger partial charge in [-0.2, -0.15) is 0 Å². The Morgan fingerprint density at radius 1 is 1.16 bits per heavy atom. The molecule has 112 valence electrons. The summed E-state index contributed by atoms with van der Waals surface area (Å²) in [4.78, 5) is 12.5. The van der Waals surface area contributed by atoms with Crippen LogP contribution < -0.4 is 10.6 Å². The van der Waals surface area contributed by atoms with Crippen LogP contribution in [0.25, 0.3) is 0 Å². The maximum atomic E-state index is 12.5. The van der Waals surface area contributed by atoms with Crippen LogP contribution in [0.5, 0.6) is 0 Å². The second-order valence-electron chi connectivity index (χ2n) is 6.58. The van der Waals surface area contributed by atoms with Gasteiger partial charge in [-0.25, -0.2) is 0 Å². The lowest BCUT2D eigenvalue weighted by molar-refractivity contribution is -0.131. The van der Waals surface area contributed by atoms with Gasteiger partial charge in [-0.1, -0.05) is 26.7 Å². The minimum atomic E-state index is -0.0384. The van der Waals surface area contributed by atoms with Gasteiger partial charge in [0.25, 0.3) is 0 Å². The summed E-state index contributed by atoms with van der Waals surface area (Å²) in [6.07, 6.45) is 7.97. The van der Waals surface area contributed by atoms with E-state index in [1.807, 2.05) is 0 Å². The minimum Gasteiger partial charge on any atom is -0.355 e. The predicted octanol–water partition coefficient (Wildman–Crippen LogP) is 2.88. The molecule has 0 aromatic carbocycles. The topological polar surface area (TPSA) is 41.1 Å². The molecule has 0 unspecified atom stereocenters. The van der Waals surface area contributed by atoms with Crippen molar-refractivity contribution in [3.8, 4) is 0 Å². The number of rotatable bonds is 4. The smallest absolute Gasteiger partial charge is 0.226 e. The van der Waals surface area contributed by atoms with Gasteiger partial charge in [-0.3, -0.25) is 4.79 Å². The van der Waals surface area contributed by atoms with Gasteiger partial charge in [-0.05, 0) is 50.6 Å². The normalized spacial score (nSPS) is 24.5. The van der Waals surface area contributed by atoms with Gasteiger partial charge in [0.05, 0.1) is 0 Å². The van der Waals surface area contributed by atoms with Gasteiger partial charge in [0, 0.05) is 12.0 Å². The largest absolute Gasteiger partial charge is 0.355 e. The summed E-state index contributed by atoms with van der Waals surface area (Å²) in [6, 6.07) is 0. The first kappa shape index (κ1) is 16.8. The van der Waals surface area contributed by atoms with Crippen molar-refractivity contribution in [3.05, 3.63) is 0 Å². The van der Waals surface area contributed by atoms with Crippen molar-refractivity contribution in [2.24, 2.45) is 10.8 Å². The van der Waals surface area contributed by atoms with Crippen LogP contribution in [0.3, 0.4) is 0 Å². The summed E-state index contributed by atoms with van der Waals surface area (Å²) >= 11 is 0. The highest BCUT2D eigenvalue weighted by Gasteiger charge is 2.40. The van der Waals surface area contributed by atoms with E-state index in [9.17, 15) is 4.79 Å². The van der Waals surface area contributed by atoms with E-state index in [1.54, 1.807) is 0 Å². The SMILES string of the molecule is CCC1(C(=O)NCC2(C)CCNCC2)CCCC1.Cl. The lowest BCUT2D eigenvalue weighted by Crippen LogP contribution is -2.46. The van der Waals surface area contributed by atoms with E-state index < -0.39 is 0 Å². The lowest BCUT2D eigenvalue weighted by atomic mass is 9.79. The second-order valence-corrected chi connectivity index (χ2v) is 6.58. The van der Waals surface area contributed by atoms with Gasteiger partial charge < -0.3 is 10.6 Å². The third-order valence-corrected chi connectivity index (χ3v) is 5.21. The molecule has 2 fully saturated rings. The molecule has 0 spiro atoms. The molecule has 0 aromatic rings. The van der Waals surface area contributed by atoms with Crippen LogP contribution in [0, 0.1) is 10.8 Å². The Morgan fingerprint density at radius 3 is 2.26 bits per heavy atom. The van der Waals surface area contributed by atoms with Crippen LogP contribution >= 0.6 is 12.4 Å². The first-order valence-corrected chi connectivity index (χ1v) is 7.59. The molecule has 2 N–H and O–H groups in total. The number of carbonyl (C=O) groups is 1. The summed E-state index contributed by atoms with van der Waals surface area (Å²) in [7, 11) is 0. The van der Waals surface area contributed by atoms with Crippen molar-refractivity contribution < 1.29 is 4.79 Å². The van der Waals surface area contributed by atoms with E-state index in [2.05, 4.69) is 24.5 Å². The fourth-order valence-corrected chi connectivity index (χ4v) is 3.48. The Morgan fingerprint density at radius 2 is 1.74 bits per heavy atom. The zero-order valence-corrected chi connectivity index (χ0v) is 13.2. The average molecular weight is 289 g/mol. The first-order chi connectivity index (χ1) is 8.60. The summed E-state index contributed by atoms with van der Waals surface area (Å²) in [5.41, 5.74) is 0.262. The monoisotopic (exact) mass is 288 g/mol. The second kappa shape index (κ2) is 6.94. The van der Waals surface area contributed by atoms with Crippen molar-refractivity contribution in [2.75, 3.05) is 19.6 Å². The molecule has 1 heterocycles. The van der Waals surface area contributed by atoms with Crippen molar-refractivity contribution in [2.45, 2.75) is 58.8 Å². The van der Waals surface area contributed by atoms with Crippen molar-refractivity contribution in [1.29, 1.82) is 0 Å². The first-order valence-electron chi connectivity index (χ1n) is 7.59. The number of nitrogens with one attached hydrogen (secondary N) is 2. The Hall–Kier alpha value is -0.280. The van der Waals surface area contributed by atoms with Gasteiger partial charge in [-0.15, -0.1) is 12.4 Å². The van der Waals surface area contributed by atoms with Crippen LogP contribution in [0.2, 0.25) is 0 Å². The predicted molar refractivity (Wildman–Crippen MR) is 81.7 cm³/mol. The lowest BCUT2D eigenvalue weighted by Gasteiger charge is -2.36. The molecule has 0 bridgehead atoms. The van der Waals surface area contributed by atoms with Crippen LogP contribution in [-0.4, -0.2) is 25.5 Å². The van der Waals surface area contributed by atoms with E-state index in [4.69, 9.17) is 0 Å². The molecule has 3 nitrogen and oxygen atoms in total. The molecule has 1 amide bonds. The highest BCUT2D eigenvalue weighted by Crippen LogP contribution is 2.41. The molecular weight excluding hydrogens is 260 g/mol. The van der Waals surface area contributed by atoms with Crippen molar-refractivity contribution >= 4 is 18.3 Å². The standard InChI is InChI=1S/C15H28N2O.ClH/c1-3-15(6-4-5-7-15)13(18)17-12-14(2)8-10-16-11-9-14;/h16H,3-12H2,1-2H3,(H,17,18);1H. The average Bonchev–Trinajstić information content (AvgIpc) is 2.87. The van der Waals surface area contributed by atoms with Crippen LogP contribution in [0.4, 0.5) is 0 Å². The third kappa shape index (κ3) is 3.85. The molecule has 0 aromatic heterocycles. The van der Waals surface area contributed by atoms with E-state index in [0.29, 0.717) is 11.3 Å². The maximum absolute atomic E-state index is 12.5. The molecule has 1 saturated heterocycles. The van der Waals surface area contributed by atoms with Crippen LogP contribution in [0.15, 0.2) is 0 Å². The Balaban J connectivity index is 0.00000180. The van der Waals surface area contributed by atoms with E-state index in [1.165, 1.54) is 25.7 Å². The van der Waals surface area contributed by atoms with E-state index >= 15 is 0 Å². The fraction of sp³-hybridized carbons (Fsp3) is 0.933. The zero-order chi connectivity index (χ0) is 13.1. The number of carbonyl (C=O) groups excluding carboxylic acids is 1. The molecule has 4 heteroatoms. The molecule has 2 aliphatic rings. The van der Waals surface area contributed by atoms with Gasteiger partial charge >= 0.3 is 0 Å². The number of halogens is 1. The van der Waals surface area contributed by atoms with Crippen LogP contribution in [0.1, 0.15) is 58.8 Å². The molecule has 0 radical (unpaired) electrons. The fourth-order valence-electron chi connectivity index (χ4n) is 3.48. The highest BCUT2D eigenvalue weighted by molar-refractivity contribution is 5.85. The number of amides is 1. The molecule has 0 atom stereocenters. The van der Waals surface area contributed by atoms with Crippen molar-refractivity contribution in [1.82, 2.24) is 10.6 Å².